The topological polar surface area (TPSA) is 88.3 Å². The third kappa shape index (κ3) is 3.99. The van der Waals surface area contributed by atoms with E-state index in [4.69, 9.17) is 5.73 Å². The van der Waals surface area contributed by atoms with Crippen LogP contribution in [0.1, 0.15) is 24.1 Å². The summed E-state index contributed by atoms with van der Waals surface area (Å²) in [5, 5.41) is 0. The Morgan fingerprint density at radius 1 is 1.50 bits per heavy atom. The van der Waals surface area contributed by atoms with Gasteiger partial charge in [-0.15, -0.1) is 0 Å². The quantitative estimate of drug-likeness (QED) is 0.823. The first-order valence-electron chi connectivity index (χ1n) is 6.87. The third-order valence-electron chi connectivity index (χ3n) is 3.59. The van der Waals surface area contributed by atoms with Crippen molar-refractivity contribution in [2.45, 2.75) is 26.3 Å². The molecule has 1 saturated heterocycles. The van der Waals surface area contributed by atoms with Gasteiger partial charge < -0.3 is 5.73 Å². The van der Waals surface area contributed by atoms with Crippen LogP contribution >= 0.6 is 0 Å². The molecule has 2 heterocycles. The van der Waals surface area contributed by atoms with Gasteiger partial charge in [-0.25, -0.2) is 0 Å². The van der Waals surface area contributed by atoms with Crippen LogP contribution in [0.3, 0.4) is 0 Å². The fraction of sp³-hybridized carbons (Fsp3) is 0.615. The molecule has 0 aromatic carbocycles. The Hall–Kier alpha value is -1.02. The van der Waals surface area contributed by atoms with Crippen LogP contribution in [-0.2, 0) is 16.8 Å². The lowest BCUT2D eigenvalue weighted by molar-refractivity contribution is 0.268. The van der Waals surface area contributed by atoms with Crippen molar-refractivity contribution in [2.24, 2.45) is 11.7 Å². The number of piperidine rings is 1. The minimum absolute atomic E-state index is 0.263. The summed E-state index contributed by atoms with van der Waals surface area (Å²) in [7, 11) is -3.43. The van der Waals surface area contributed by atoms with Gasteiger partial charge in [0.05, 0.1) is 0 Å². The molecule has 0 amide bonds. The van der Waals surface area contributed by atoms with E-state index in [0.29, 0.717) is 19.6 Å². The molecule has 2 rings (SSSR count). The van der Waals surface area contributed by atoms with Crippen LogP contribution in [0.15, 0.2) is 18.3 Å². The highest BCUT2D eigenvalue weighted by Crippen LogP contribution is 2.17. The second-order valence-corrected chi connectivity index (χ2v) is 6.99. The zero-order chi connectivity index (χ0) is 14.6. The van der Waals surface area contributed by atoms with E-state index in [1.165, 1.54) is 4.31 Å². The molecular formula is C13H22N4O2S. The maximum Gasteiger partial charge on any atom is 0.279 e. The number of aromatic nitrogens is 1. The molecule has 3 N–H and O–H groups in total. The number of rotatable bonds is 5. The highest BCUT2D eigenvalue weighted by atomic mass is 32.2. The molecular weight excluding hydrogens is 276 g/mol. The molecule has 0 radical (unpaired) electrons. The third-order valence-corrected chi connectivity index (χ3v) is 5.11. The Kier molecular flexibility index (Phi) is 5.09. The average Bonchev–Trinajstić information content (AvgIpc) is 2.47. The highest BCUT2D eigenvalue weighted by Gasteiger charge is 2.27. The van der Waals surface area contributed by atoms with Crippen LogP contribution < -0.4 is 10.5 Å². The van der Waals surface area contributed by atoms with E-state index >= 15 is 0 Å². The number of nitrogens with zero attached hydrogens (tertiary/aromatic N) is 2. The molecule has 0 bridgehead atoms. The SMILES string of the molecule is Cc1ccc(CNS(=O)(=O)N2CCCC(CN)C2)cn1. The van der Waals surface area contributed by atoms with Crippen LogP contribution in [0.25, 0.3) is 0 Å². The van der Waals surface area contributed by atoms with Crippen molar-refractivity contribution in [3.63, 3.8) is 0 Å². The number of aryl methyl sites for hydroxylation is 1. The van der Waals surface area contributed by atoms with E-state index in [1.807, 2.05) is 19.1 Å². The Labute approximate surface area is 120 Å². The Morgan fingerprint density at radius 3 is 2.95 bits per heavy atom. The molecule has 1 aromatic rings. The molecule has 7 heteroatoms. The van der Waals surface area contributed by atoms with Gasteiger partial charge >= 0.3 is 0 Å². The van der Waals surface area contributed by atoms with E-state index in [1.54, 1.807) is 6.20 Å². The summed E-state index contributed by atoms with van der Waals surface area (Å²) in [5.74, 6) is 0.265. The minimum atomic E-state index is -3.43. The smallest absolute Gasteiger partial charge is 0.279 e. The molecule has 1 atom stereocenters. The molecule has 1 aliphatic rings. The number of nitrogens with two attached hydrogens (primary N) is 1. The summed E-state index contributed by atoms with van der Waals surface area (Å²) in [4.78, 5) is 4.15. The lowest BCUT2D eigenvalue weighted by Gasteiger charge is -2.31. The molecule has 1 aliphatic heterocycles. The number of nitrogens with one attached hydrogen (secondary N) is 1. The molecule has 0 saturated carbocycles. The van der Waals surface area contributed by atoms with Crippen LogP contribution in [0, 0.1) is 12.8 Å². The Morgan fingerprint density at radius 2 is 2.30 bits per heavy atom. The lowest BCUT2D eigenvalue weighted by atomic mass is 10.0. The van der Waals surface area contributed by atoms with Crippen molar-refractivity contribution in [3.8, 4) is 0 Å². The first-order chi connectivity index (χ1) is 9.51. The number of hydrogen-bond donors (Lipinski definition) is 2. The average molecular weight is 298 g/mol. The molecule has 1 aromatic heterocycles. The van der Waals surface area contributed by atoms with Gasteiger partial charge in [-0.05, 0) is 43.9 Å². The first-order valence-corrected chi connectivity index (χ1v) is 8.31. The molecule has 6 nitrogen and oxygen atoms in total. The van der Waals surface area contributed by atoms with Crippen LogP contribution in [0.4, 0.5) is 0 Å². The predicted octanol–water partition coefficient (Wildman–Crippen LogP) is 0.395. The van der Waals surface area contributed by atoms with E-state index < -0.39 is 10.2 Å². The van der Waals surface area contributed by atoms with Crippen molar-refractivity contribution in [1.29, 1.82) is 0 Å². The summed E-state index contributed by atoms with van der Waals surface area (Å²) in [6.07, 6.45) is 3.57. The summed E-state index contributed by atoms with van der Waals surface area (Å²) in [6.45, 7) is 3.78. The van der Waals surface area contributed by atoms with Crippen molar-refractivity contribution >= 4 is 10.2 Å². The van der Waals surface area contributed by atoms with Gasteiger partial charge in [0.25, 0.3) is 10.2 Å². The van der Waals surface area contributed by atoms with Crippen molar-refractivity contribution in [1.82, 2.24) is 14.0 Å². The number of pyridine rings is 1. The van der Waals surface area contributed by atoms with Crippen molar-refractivity contribution < 1.29 is 8.42 Å². The maximum atomic E-state index is 12.2. The fourth-order valence-corrected chi connectivity index (χ4v) is 3.61. The van der Waals surface area contributed by atoms with Gasteiger partial charge in [0.2, 0.25) is 0 Å². The van der Waals surface area contributed by atoms with E-state index in [9.17, 15) is 8.42 Å². The molecule has 20 heavy (non-hydrogen) atoms. The zero-order valence-electron chi connectivity index (χ0n) is 11.7. The van der Waals surface area contributed by atoms with Gasteiger partial charge in [-0.2, -0.15) is 17.4 Å². The summed E-state index contributed by atoms with van der Waals surface area (Å²) < 4.78 is 28.6. The molecule has 0 aliphatic carbocycles. The largest absolute Gasteiger partial charge is 0.330 e. The van der Waals surface area contributed by atoms with Gasteiger partial charge in [-0.3, -0.25) is 4.98 Å². The second kappa shape index (κ2) is 6.62. The van der Waals surface area contributed by atoms with Crippen molar-refractivity contribution in [2.75, 3.05) is 19.6 Å². The van der Waals surface area contributed by atoms with E-state index in [2.05, 4.69) is 9.71 Å². The lowest BCUT2D eigenvalue weighted by Crippen LogP contribution is -2.47. The monoisotopic (exact) mass is 298 g/mol. The zero-order valence-corrected chi connectivity index (χ0v) is 12.6. The number of hydrogen-bond acceptors (Lipinski definition) is 4. The Bertz CT molecular complexity index is 530. The second-order valence-electron chi connectivity index (χ2n) is 5.24. The molecule has 1 fully saturated rings. The van der Waals surface area contributed by atoms with Gasteiger partial charge in [0, 0.05) is 31.5 Å². The van der Waals surface area contributed by atoms with Gasteiger partial charge in [-0.1, -0.05) is 6.07 Å². The first kappa shape index (κ1) is 15.4. The van der Waals surface area contributed by atoms with Gasteiger partial charge in [0.15, 0.2) is 0 Å². The van der Waals surface area contributed by atoms with Crippen molar-refractivity contribution in [3.05, 3.63) is 29.6 Å². The van der Waals surface area contributed by atoms with E-state index in [0.717, 1.165) is 24.1 Å². The molecule has 1 unspecified atom stereocenters. The standard InChI is InChI=1S/C13H22N4O2S/c1-11-4-5-13(8-15-11)9-16-20(18,19)17-6-2-3-12(7-14)10-17/h4-5,8,12,16H,2-3,6-7,9-10,14H2,1H3. The fourth-order valence-electron chi connectivity index (χ4n) is 2.31. The highest BCUT2D eigenvalue weighted by molar-refractivity contribution is 7.87. The van der Waals surface area contributed by atoms with Crippen LogP contribution in [0.5, 0.6) is 0 Å². The van der Waals surface area contributed by atoms with Gasteiger partial charge in [0.1, 0.15) is 0 Å². The normalized spacial score (nSPS) is 21.0. The van der Waals surface area contributed by atoms with Crippen LogP contribution in [-0.4, -0.2) is 37.3 Å². The molecule has 112 valence electrons. The summed E-state index contributed by atoms with van der Waals surface area (Å²) in [5.41, 5.74) is 7.41. The summed E-state index contributed by atoms with van der Waals surface area (Å²) >= 11 is 0. The predicted molar refractivity (Wildman–Crippen MR) is 78.1 cm³/mol. The van der Waals surface area contributed by atoms with E-state index in [-0.39, 0.29) is 12.5 Å². The Balaban J connectivity index is 1.95. The minimum Gasteiger partial charge on any atom is -0.330 e. The molecule has 0 spiro atoms. The summed E-state index contributed by atoms with van der Waals surface area (Å²) in [6, 6.07) is 3.75. The maximum absolute atomic E-state index is 12.2. The van der Waals surface area contributed by atoms with Crippen LogP contribution in [0.2, 0.25) is 0 Å².